The van der Waals surface area contributed by atoms with E-state index < -0.39 is 0 Å². The smallest absolute Gasteiger partial charge is 0.0497 e. The topological polar surface area (TPSA) is 41.8 Å². The van der Waals surface area contributed by atoms with Crippen LogP contribution < -0.4 is 5.73 Å². The molecule has 0 amide bonds. The quantitative estimate of drug-likeness (QED) is 0.375. The van der Waals surface area contributed by atoms with Crippen molar-refractivity contribution in [3.8, 4) is 22.4 Å². The number of benzene rings is 3. The highest BCUT2D eigenvalue weighted by atomic mass is 35.5. The van der Waals surface area contributed by atoms with Crippen LogP contribution >= 0.6 is 11.6 Å². The highest BCUT2D eigenvalue weighted by Gasteiger charge is 2.14. The summed E-state index contributed by atoms with van der Waals surface area (Å²) in [5.74, 6) is 0. The summed E-state index contributed by atoms with van der Waals surface area (Å²) in [7, 11) is 0. The summed E-state index contributed by atoms with van der Waals surface area (Å²) >= 11 is 6.25. The number of aryl methyl sites for hydroxylation is 1. The molecule has 0 atom stereocenters. The van der Waals surface area contributed by atoms with Gasteiger partial charge in [0.15, 0.2) is 0 Å². The molecular weight excluding hydrogens is 352 g/mol. The van der Waals surface area contributed by atoms with Crippen LogP contribution in [0, 0.1) is 0 Å². The number of hydrogen-bond donors (Lipinski definition) is 2. The van der Waals surface area contributed by atoms with Crippen molar-refractivity contribution in [2.75, 3.05) is 6.54 Å². The summed E-state index contributed by atoms with van der Waals surface area (Å²) in [5, 5.41) is 2.03. The number of fused-ring (bicyclic) bond motifs is 1. The predicted molar refractivity (Wildman–Crippen MR) is 116 cm³/mol. The van der Waals surface area contributed by atoms with Crippen molar-refractivity contribution in [2.45, 2.75) is 19.3 Å². The number of aromatic nitrogens is 1. The van der Waals surface area contributed by atoms with Crippen molar-refractivity contribution in [1.82, 2.24) is 4.98 Å². The lowest BCUT2D eigenvalue weighted by atomic mass is 9.97. The first kappa shape index (κ1) is 17.8. The number of aromatic amines is 1. The molecule has 0 fully saturated rings. The fourth-order valence-electron chi connectivity index (χ4n) is 3.65. The second-order valence-electron chi connectivity index (χ2n) is 6.86. The number of H-pyrrole nitrogens is 1. The van der Waals surface area contributed by atoms with E-state index in [1.807, 2.05) is 24.3 Å². The first-order chi connectivity index (χ1) is 13.3. The monoisotopic (exact) mass is 374 g/mol. The molecule has 2 nitrogen and oxygen atoms in total. The van der Waals surface area contributed by atoms with Crippen LogP contribution in [0.5, 0.6) is 0 Å². The van der Waals surface area contributed by atoms with Crippen molar-refractivity contribution in [2.24, 2.45) is 5.73 Å². The number of hydrogen-bond acceptors (Lipinski definition) is 1. The molecule has 136 valence electrons. The molecule has 1 heterocycles. The fourth-order valence-corrected chi connectivity index (χ4v) is 3.84. The molecule has 0 aliphatic carbocycles. The molecule has 0 saturated heterocycles. The molecule has 0 radical (unpaired) electrons. The van der Waals surface area contributed by atoms with Gasteiger partial charge in [0.2, 0.25) is 0 Å². The third-order valence-electron chi connectivity index (χ3n) is 5.01. The average Bonchev–Trinajstić information content (AvgIpc) is 3.07. The standard InChI is InChI=1S/C24H23ClN2/c25-20-10-6-9-19(15-20)24-21(11-4-5-14-26)22-16-18(12-13-23(22)27-24)17-7-2-1-3-8-17/h1-3,6-10,12-13,15-16,27H,4-5,11,14,26H2. The van der Waals surface area contributed by atoms with Crippen LogP contribution in [0.3, 0.4) is 0 Å². The molecule has 4 rings (SSSR count). The van der Waals surface area contributed by atoms with Crippen molar-refractivity contribution < 1.29 is 0 Å². The molecule has 0 bridgehead atoms. The van der Waals surface area contributed by atoms with Gasteiger partial charge in [-0.1, -0.05) is 60.1 Å². The van der Waals surface area contributed by atoms with Crippen LogP contribution in [0.15, 0.2) is 72.8 Å². The normalized spacial score (nSPS) is 11.2. The Labute approximate surface area is 165 Å². The van der Waals surface area contributed by atoms with E-state index in [2.05, 4.69) is 53.5 Å². The number of nitrogens with two attached hydrogens (primary N) is 1. The molecule has 0 aliphatic heterocycles. The maximum Gasteiger partial charge on any atom is 0.0497 e. The van der Waals surface area contributed by atoms with Gasteiger partial charge in [0.05, 0.1) is 0 Å². The second-order valence-corrected chi connectivity index (χ2v) is 7.30. The van der Waals surface area contributed by atoms with Gasteiger partial charge in [-0.3, -0.25) is 0 Å². The van der Waals surface area contributed by atoms with Crippen LogP contribution in [0.4, 0.5) is 0 Å². The Hall–Kier alpha value is -2.55. The van der Waals surface area contributed by atoms with E-state index in [4.69, 9.17) is 17.3 Å². The van der Waals surface area contributed by atoms with E-state index >= 15 is 0 Å². The zero-order chi connectivity index (χ0) is 18.6. The van der Waals surface area contributed by atoms with Gasteiger partial charge in [-0.05, 0) is 72.3 Å². The molecule has 3 N–H and O–H groups in total. The molecule has 3 heteroatoms. The van der Waals surface area contributed by atoms with Crippen molar-refractivity contribution >= 4 is 22.5 Å². The summed E-state index contributed by atoms with van der Waals surface area (Å²) in [6.45, 7) is 0.726. The van der Waals surface area contributed by atoms with Crippen LogP contribution in [-0.2, 0) is 6.42 Å². The Bertz CT molecular complexity index is 1050. The van der Waals surface area contributed by atoms with E-state index in [1.54, 1.807) is 0 Å². The minimum Gasteiger partial charge on any atom is -0.354 e. The van der Waals surface area contributed by atoms with Gasteiger partial charge in [0.25, 0.3) is 0 Å². The summed E-state index contributed by atoms with van der Waals surface area (Å²) in [4.78, 5) is 3.62. The number of nitrogens with one attached hydrogen (secondary N) is 1. The molecule has 27 heavy (non-hydrogen) atoms. The van der Waals surface area contributed by atoms with E-state index in [0.717, 1.165) is 47.6 Å². The van der Waals surface area contributed by atoms with Crippen LogP contribution in [0.2, 0.25) is 5.02 Å². The Balaban J connectivity index is 1.86. The zero-order valence-corrected chi connectivity index (χ0v) is 16.0. The SMILES string of the molecule is NCCCCc1c(-c2cccc(Cl)c2)[nH]c2ccc(-c3ccccc3)cc12. The Morgan fingerprint density at radius 3 is 2.37 bits per heavy atom. The third kappa shape index (κ3) is 3.78. The summed E-state index contributed by atoms with van der Waals surface area (Å²) in [5.41, 5.74) is 13.0. The van der Waals surface area contributed by atoms with Crippen molar-refractivity contribution in [3.05, 3.63) is 83.4 Å². The first-order valence-electron chi connectivity index (χ1n) is 9.42. The van der Waals surface area contributed by atoms with Gasteiger partial charge in [0, 0.05) is 21.6 Å². The molecule has 0 spiro atoms. The van der Waals surface area contributed by atoms with Gasteiger partial charge in [-0.15, -0.1) is 0 Å². The molecule has 4 aromatic rings. The van der Waals surface area contributed by atoms with E-state index in [0.29, 0.717) is 0 Å². The second kappa shape index (κ2) is 7.99. The largest absolute Gasteiger partial charge is 0.354 e. The van der Waals surface area contributed by atoms with Crippen LogP contribution in [0.1, 0.15) is 18.4 Å². The minimum absolute atomic E-state index is 0.726. The summed E-state index contributed by atoms with van der Waals surface area (Å²) in [6.07, 6.45) is 3.10. The lowest BCUT2D eigenvalue weighted by Gasteiger charge is -2.07. The van der Waals surface area contributed by atoms with E-state index in [-0.39, 0.29) is 0 Å². The molecule has 0 aliphatic rings. The molecule has 0 unspecified atom stereocenters. The number of unbranched alkanes of at least 4 members (excludes halogenated alkanes) is 1. The number of halogens is 1. The zero-order valence-electron chi connectivity index (χ0n) is 15.2. The average molecular weight is 375 g/mol. The fraction of sp³-hybridized carbons (Fsp3) is 0.167. The van der Waals surface area contributed by atoms with Gasteiger partial charge < -0.3 is 10.7 Å². The van der Waals surface area contributed by atoms with Gasteiger partial charge in [0.1, 0.15) is 0 Å². The third-order valence-corrected chi connectivity index (χ3v) is 5.24. The maximum absolute atomic E-state index is 6.25. The van der Waals surface area contributed by atoms with E-state index in [9.17, 15) is 0 Å². The Morgan fingerprint density at radius 1 is 0.778 bits per heavy atom. The maximum atomic E-state index is 6.25. The van der Waals surface area contributed by atoms with Gasteiger partial charge in [-0.2, -0.15) is 0 Å². The number of rotatable bonds is 6. The van der Waals surface area contributed by atoms with Crippen molar-refractivity contribution in [1.29, 1.82) is 0 Å². The molecule has 3 aromatic carbocycles. The predicted octanol–water partition coefficient (Wildman–Crippen LogP) is 6.44. The first-order valence-corrected chi connectivity index (χ1v) is 9.80. The van der Waals surface area contributed by atoms with Gasteiger partial charge >= 0.3 is 0 Å². The lowest BCUT2D eigenvalue weighted by molar-refractivity contribution is 0.748. The summed E-state index contributed by atoms with van der Waals surface area (Å²) in [6, 6.07) is 25.2. The Kier molecular flexibility index (Phi) is 5.28. The molecule has 1 aromatic heterocycles. The van der Waals surface area contributed by atoms with Crippen LogP contribution in [0.25, 0.3) is 33.3 Å². The minimum atomic E-state index is 0.726. The highest BCUT2D eigenvalue weighted by molar-refractivity contribution is 6.30. The molecular formula is C24H23ClN2. The summed E-state index contributed by atoms with van der Waals surface area (Å²) < 4.78 is 0. The van der Waals surface area contributed by atoms with E-state index in [1.165, 1.54) is 22.1 Å². The van der Waals surface area contributed by atoms with Crippen molar-refractivity contribution in [3.63, 3.8) is 0 Å². The lowest BCUT2D eigenvalue weighted by Crippen LogP contribution is -1.99. The van der Waals surface area contributed by atoms with Gasteiger partial charge in [-0.25, -0.2) is 0 Å². The molecule has 0 saturated carbocycles. The Morgan fingerprint density at radius 2 is 1.59 bits per heavy atom. The highest BCUT2D eigenvalue weighted by Crippen LogP contribution is 2.35. The van der Waals surface area contributed by atoms with Crippen LogP contribution in [-0.4, -0.2) is 11.5 Å².